The maximum atomic E-state index is 14.5. The van der Waals surface area contributed by atoms with E-state index < -0.39 is 11.7 Å². The molecule has 2 rings (SSSR count). The molecule has 5 heteroatoms. The first-order valence-corrected chi connectivity index (χ1v) is 7.69. The van der Waals surface area contributed by atoms with Crippen molar-refractivity contribution >= 4 is 6.09 Å². The lowest BCUT2D eigenvalue weighted by atomic mass is 9.91. The molecule has 0 spiro atoms. The Morgan fingerprint density at radius 3 is 2.73 bits per heavy atom. The molecule has 0 aliphatic carbocycles. The van der Waals surface area contributed by atoms with Gasteiger partial charge in [-0.15, -0.1) is 0 Å². The largest absolute Gasteiger partial charge is 0.444 e. The van der Waals surface area contributed by atoms with Gasteiger partial charge in [0.15, 0.2) is 0 Å². The predicted molar refractivity (Wildman–Crippen MR) is 84.0 cm³/mol. The van der Waals surface area contributed by atoms with Crippen LogP contribution in [-0.2, 0) is 4.74 Å². The van der Waals surface area contributed by atoms with Crippen molar-refractivity contribution < 1.29 is 13.9 Å². The van der Waals surface area contributed by atoms with E-state index in [0.717, 1.165) is 0 Å². The van der Waals surface area contributed by atoms with Crippen LogP contribution in [-0.4, -0.2) is 29.2 Å². The Balaban J connectivity index is 2.31. The summed E-state index contributed by atoms with van der Waals surface area (Å²) in [5, 5.41) is 0. The molecule has 22 heavy (non-hydrogen) atoms. The van der Waals surface area contributed by atoms with Gasteiger partial charge in [-0.1, -0.05) is 18.2 Å². The highest BCUT2D eigenvalue weighted by molar-refractivity contribution is 5.69. The standard InChI is InChI=1S/C17H25FN2O2/c1-11-6-5-7-13(15(11)18)14-10-12(19)8-9-20(14)16(21)22-17(2,3)4/h5-7,12,14H,8-10,19H2,1-4H3. The van der Waals surface area contributed by atoms with Gasteiger partial charge in [0, 0.05) is 18.2 Å². The Morgan fingerprint density at radius 1 is 1.41 bits per heavy atom. The van der Waals surface area contributed by atoms with E-state index in [-0.39, 0.29) is 17.9 Å². The third-order valence-corrected chi connectivity index (χ3v) is 3.85. The molecule has 0 aromatic heterocycles. The van der Waals surface area contributed by atoms with Gasteiger partial charge < -0.3 is 15.4 Å². The molecule has 1 amide bonds. The second-order valence-corrected chi connectivity index (χ2v) is 6.95. The number of ether oxygens (including phenoxy) is 1. The van der Waals surface area contributed by atoms with Gasteiger partial charge >= 0.3 is 6.09 Å². The molecule has 1 aliphatic rings. The summed E-state index contributed by atoms with van der Waals surface area (Å²) in [6, 6.07) is 4.84. The van der Waals surface area contributed by atoms with Crippen molar-refractivity contribution in [2.45, 2.75) is 58.2 Å². The van der Waals surface area contributed by atoms with Crippen LogP contribution in [0.2, 0.25) is 0 Å². The molecule has 1 saturated heterocycles. The lowest BCUT2D eigenvalue weighted by molar-refractivity contribution is 0.00757. The SMILES string of the molecule is Cc1cccc(C2CC(N)CCN2C(=O)OC(C)(C)C)c1F. The van der Waals surface area contributed by atoms with Crippen molar-refractivity contribution in [1.82, 2.24) is 4.90 Å². The monoisotopic (exact) mass is 308 g/mol. The molecule has 1 aliphatic heterocycles. The van der Waals surface area contributed by atoms with Crippen LogP contribution in [0.4, 0.5) is 9.18 Å². The molecule has 2 atom stereocenters. The predicted octanol–water partition coefficient (Wildman–Crippen LogP) is 3.53. The van der Waals surface area contributed by atoms with Gasteiger partial charge in [0.05, 0.1) is 6.04 Å². The highest BCUT2D eigenvalue weighted by Crippen LogP contribution is 2.33. The van der Waals surface area contributed by atoms with Gasteiger partial charge in [0.2, 0.25) is 0 Å². The zero-order chi connectivity index (χ0) is 16.5. The van der Waals surface area contributed by atoms with Crippen molar-refractivity contribution in [1.29, 1.82) is 0 Å². The summed E-state index contributed by atoms with van der Waals surface area (Å²) in [4.78, 5) is 14.0. The Bertz CT molecular complexity index is 554. The Hall–Kier alpha value is -1.62. The topological polar surface area (TPSA) is 55.6 Å². The van der Waals surface area contributed by atoms with Crippen LogP contribution >= 0.6 is 0 Å². The number of halogens is 1. The number of carbonyl (C=O) groups is 1. The summed E-state index contributed by atoms with van der Waals surface area (Å²) in [6.07, 6.45) is 0.827. The van der Waals surface area contributed by atoms with E-state index in [1.54, 1.807) is 30.0 Å². The van der Waals surface area contributed by atoms with Crippen molar-refractivity contribution in [2.24, 2.45) is 5.73 Å². The van der Waals surface area contributed by atoms with Crippen LogP contribution in [0.1, 0.15) is 50.8 Å². The number of benzene rings is 1. The van der Waals surface area contributed by atoms with Gasteiger partial charge in [-0.2, -0.15) is 0 Å². The second kappa shape index (κ2) is 6.24. The number of amides is 1. The average Bonchev–Trinajstić information content (AvgIpc) is 2.39. The third kappa shape index (κ3) is 3.77. The summed E-state index contributed by atoms with van der Waals surface area (Å²) in [5.74, 6) is -0.268. The normalized spacial score (nSPS) is 22.5. The Labute approximate surface area is 131 Å². The van der Waals surface area contributed by atoms with Crippen LogP contribution < -0.4 is 5.73 Å². The van der Waals surface area contributed by atoms with E-state index in [0.29, 0.717) is 30.5 Å². The maximum Gasteiger partial charge on any atom is 0.410 e. The zero-order valence-electron chi connectivity index (χ0n) is 13.7. The number of piperidine rings is 1. The molecule has 2 N–H and O–H groups in total. The number of nitrogens with zero attached hydrogens (tertiary/aromatic N) is 1. The number of carbonyl (C=O) groups excluding carboxylic acids is 1. The van der Waals surface area contributed by atoms with E-state index in [1.165, 1.54) is 0 Å². The van der Waals surface area contributed by atoms with E-state index in [1.807, 2.05) is 20.8 Å². The molecule has 1 fully saturated rings. The van der Waals surface area contributed by atoms with Crippen molar-refractivity contribution in [3.05, 3.63) is 35.1 Å². The fourth-order valence-electron chi connectivity index (χ4n) is 2.75. The number of hydrogen-bond acceptors (Lipinski definition) is 3. The molecule has 0 bridgehead atoms. The van der Waals surface area contributed by atoms with Crippen LogP contribution in [0.3, 0.4) is 0 Å². The van der Waals surface area contributed by atoms with E-state index in [4.69, 9.17) is 10.5 Å². The maximum absolute atomic E-state index is 14.5. The highest BCUT2D eigenvalue weighted by Gasteiger charge is 2.35. The second-order valence-electron chi connectivity index (χ2n) is 6.95. The van der Waals surface area contributed by atoms with Crippen molar-refractivity contribution in [3.63, 3.8) is 0 Å². The van der Waals surface area contributed by atoms with E-state index in [9.17, 15) is 9.18 Å². The summed E-state index contributed by atoms with van der Waals surface area (Å²) < 4.78 is 19.9. The molecule has 1 aromatic carbocycles. The smallest absolute Gasteiger partial charge is 0.410 e. The lowest BCUT2D eigenvalue weighted by Gasteiger charge is -2.39. The van der Waals surface area contributed by atoms with Gasteiger partial charge in [-0.05, 0) is 46.1 Å². The molecule has 4 nitrogen and oxygen atoms in total. The van der Waals surface area contributed by atoms with Crippen LogP contribution in [0.25, 0.3) is 0 Å². The van der Waals surface area contributed by atoms with Crippen molar-refractivity contribution in [3.8, 4) is 0 Å². The minimum atomic E-state index is -0.577. The van der Waals surface area contributed by atoms with E-state index in [2.05, 4.69) is 0 Å². The van der Waals surface area contributed by atoms with Gasteiger partial charge in [-0.3, -0.25) is 0 Å². The third-order valence-electron chi connectivity index (χ3n) is 3.85. The number of rotatable bonds is 1. The first-order valence-electron chi connectivity index (χ1n) is 7.69. The first kappa shape index (κ1) is 16.7. The fraction of sp³-hybridized carbons (Fsp3) is 0.588. The van der Waals surface area contributed by atoms with Gasteiger partial charge in [0.25, 0.3) is 0 Å². The van der Waals surface area contributed by atoms with Gasteiger partial charge in [-0.25, -0.2) is 9.18 Å². The molecule has 1 heterocycles. The summed E-state index contributed by atoms with van der Waals surface area (Å²) >= 11 is 0. The summed E-state index contributed by atoms with van der Waals surface area (Å²) in [7, 11) is 0. The fourth-order valence-corrected chi connectivity index (χ4v) is 2.75. The Morgan fingerprint density at radius 2 is 2.09 bits per heavy atom. The van der Waals surface area contributed by atoms with Crippen LogP contribution in [0.15, 0.2) is 18.2 Å². The van der Waals surface area contributed by atoms with Crippen LogP contribution in [0, 0.1) is 12.7 Å². The molecule has 0 radical (unpaired) electrons. The van der Waals surface area contributed by atoms with Crippen LogP contribution in [0.5, 0.6) is 0 Å². The average molecular weight is 308 g/mol. The minimum absolute atomic E-state index is 0.0383. The summed E-state index contributed by atoms with van der Waals surface area (Å²) in [5.41, 5.74) is 6.55. The summed E-state index contributed by atoms with van der Waals surface area (Å²) in [6.45, 7) is 7.67. The zero-order valence-corrected chi connectivity index (χ0v) is 13.7. The molecule has 1 aromatic rings. The lowest BCUT2D eigenvalue weighted by Crippen LogP contribution is -2.47. The molecule has 2 unspecified atom stereocenters. The van der Waals surface area contributed by atoms with Gasteiger partial charge in [0.1, 0.15) is 11.4 Å². The molecule has 122 valence electrons. The molecular formula is C17H25FN2O2. The first-order chi connectivity index (χ1) is 10.2. The Kier molecular flexibility index (Phi) is 4.75. The quantitative estimate of drug-likeness (QED) is 0.863. The highest BCUT2D eigenvalue weighted by atomic mass is 19.1. The minimum Gasteiger partial charge on any atom is -0.444 e. The van der Waals surface area contributed by atoms with Crippen molar-refractivity contribution in [2.75, 3.05) is 6.54 Å². The van der Waals surface area contributed by atoms with E-state index >= 15 is 0 Å². The molecular weight excluding hydrogens is 283 g/mol. The number of hydrogen-bond donors (Lipinski definition) is 1. The number of aryl methyl sites for hydroxylation is 1. The number of nitrogens with two attached hydrogens (primary N) is 1. The molecule has 0 saturated carbocycles. The number of likely N-dealkylation sites (tertiary alicyclic amines) is 1.